The van der Waals surface area contributed by atoms with Crippen LogP contribution >= 0.6 is 0 Å². The Labute approximate surface area is 77.8 Å². The molecule has 0 unspecified atom stereocenters. The number of rotatable bonds is 1. The fourth-order valence-corrected chi connectivity index (χ4v) is 2.06. The van der Waals surface area contributed by atoms with Gasteiger partial charge in [0.2, 0.25) is 0 Å². The smallest absolute Gasteiger partial charge is 0.113 e. The van der Waals surface area contributed by atoms with Gasteiger partial charge in [0.25, 0.3) is 0 Å². The zero-order valence-electron chi connectivity index (χ0n) is 7.53. The summed E-state index contributed by atoms with van der Waals surface area (Å²) < 4.78 is 0. The van der Waals surface area contributed by atoms with Crippen molar-refractivity contribution in [1.29, 1.82) is 0 Å². The Morgan fingerprint density at radius 1 is 1.31 bits per heavy atom. The minimum atomic E-state index is -0.991. The molecule has 1 aromatic carbocycles. The van der Waals surface area contributed by atoms with Gasteiger partial charge < -0.3 is 10.2 Å². The van der Waals surface area contributed by atoms with Crippen molar-refractivity contribution in [2.24, 2.45) is 0 Å². The molecule has 0 amide bonds. The molecule has 0 saturated heterocycles. The molecule has 13 heavy (non-hydrogen) atoms. The normalized spacial score (nSPS) is 26.9. The van der Waals surface area contributed by atoms with Gasteiger partial charge in [-0.05, 0) is 30.4 Å². The Bertz CT molecular complexity index is 309. The standard InChI is InChI=1S/C11H14O2/c12-8-11(13)7-3-5-9-4-1-2-6-10(9)11/h1-2,4,6,12-13H,3,5,7-8H2/t11-/m0/s1. The SMILES string of the molecule is OC[C@@]1(O)CCCc2ccccc21. The minimum absolute atomic E-state index is 0.177. The van der Waals surface area contributed by atoms with E-state index in [9.17, 15) is 5.11 Å². The molecule has 1 aliphatic carbocycles. The molecule has 1 aliphatic rings. The fourth-order valence-electron chi connectivity index (χ4n) is 2.06. The van der Waals surface area contributed by atoms with Gasteiger partial charge in [0, 0.05) is 0 Å². The summed E-state index contributed by atoms with van der Waals surface area (Å²) in [7, 11) is 0. The van der Waals surface area contributed by atoms with E-state index in [1.165, 1.54) is 5.56 Å². The Balaban J connectivity index is 2.48. The lowest BCUT2D eigenvalue weighted by Crippen LogP contribution is -2.34. The zero-order valence-corrected chi connectivity index (χ0v) is 7.53. The van der Waals surface area contributed by atoms with Crippen LogP contribution in [0.3, 0.4) is 0 Å². The van der Waals surface area contributed by atoms with Gasteiger partial charge in [-0.1, -0.05) is 24.3 Å². The molecule has 0 fully saturated rings. The number of aryl methyl sites for hydroxylation is 1. The summed E-state index contributed by atoms with van der Waals surface area (Å²) >= 11 is 0. The van der Waals surface area contributed by atoms with Crippen LogP contribution in [-0.4, -0.2) is 16.8 Å². The monoisotopic (exact) mass is 178 g/mol. The Morgan fingerprint density at radius 2 is 2.08 bits per heavy atom. The van der Waals surface area contributed by atoms with Crippen LogP contribution < -0.4 is 0 Å². The highest BCUT2D eigenvalue weighted by Crippen LogP contribution is 2.34. The van der Waals surface area contributed by atoms with Crippen LogP contribution in [-0.2, 0) is 12.0 Å². The maximum Gasteiger partial charge on any atom is 0.113 e. The molecule has 70 valence electrons. The molecule has 2 heteroatoms. The van der Waals surface area contributed by atoms with Crippen molar-refractivity contribution in [1.82, 2.24) is 0 Å². The van der Waals surface area contributed by atoms with Crippen molar-refractivity contribution in [3.05, 3.63) is 35.4 Å². The van der Waals surface area contributed by atoms with Crippen molar-refractivity contribution < 1.29 is 10.2 Å². The highest BCUT2D eigenvalue weighted by molar-refractivity contribution is 5.34. The molecule has 0 saturated carbocycles. The first kappa shape index (κ1) is 8.73. The molecular formula is C11H14O2. The average Bonchev–Trinajstić information content (AvgIpc) is 2.19. The second kappa shape index (κ2) is 3.13. The van der Waals surface area contributed by atoms with E-state index in [4.69, 9.17) is 5.11 Å². The lowest BCUT2D eigenvalue weighted by Gasteiger charge is -2.32. The molecule has 2 rings (SSSR count). The van der Waals surface area contributed by atoms with Crippen molar-refractivity contribution in [3.63, 3.8) is 0 Å². The molecular weight excluding hydrogens is 164 g/mol. The van der Waals surface area contributed by atoms with E-state index < -0.39 is 5.60 Å². The van der Waals surface area contributed by atoms with E-state index in [1.807, 2.05) is 24.3 Å². The molecule has 0 heterocycles. The van der Waals surface area contributed by atoms with Crippen LogP contribution in [0.15, 0.2) is 24.3 Å². The Kier molecular flexibility index (Phi) is 2.10. The van der Waals surface area contributed by atoms with Crippen molar-refractivity contribution in [2.75, 3.05) is 6.61 Å². The lowest BCUT2D eigenvalue weighted by molar-refractivity contribution is -0.0327. The first-order valence-electron chi connectivity index (χ1n) is 4.68. The molecule has 0 spiro atoms. The molecule has 2 N–H and O–H groups in total. The zero-order chi connectivity index (χ0) is 9.31. The maximum absolute atomic E-state index is 10.1. The fraction of sp³-hybridized carbons (Fsp3) is 0.455. The third-order valence-electron chi connectivity index (χ3n) is 2.82. The summed E-state index contributed by atoms with van der Waals surface area (Å²) in [5.74, 6) is 0. The lowest BCUT2D eigenvalue weighted by atomic mass is 9.80. The van der Waals surface area contributed by atoms with Gasteiger partial charge >= 0.3 is 0 Å². The molecule has 0 bridgehead atoms. The largest absolute Gasteiger partial charge is 0.393 e. The number of aliphatic hydroxyl groups excluding tert-OH is 1. The first-order chi connectivity index (χ1) is 6.26. The molecule has 0 radical (unpaired) electrons. The van der Waals surface area contributed by atoms with E-state index in [0.29, 0.717) is 6.42 Å². The van der Waals surface area contributed by atoms with Gasteiger partial charge in [0.15, 0.2) is 0 Å². The third-order valence-corrected chi connectivity index (χ3v) is 2.82. The molecule has 0 aliphatic heterocycles. The van der Waals surface area contributed by atoms with E-state index >= 15 is 0 Å². The minimum Gasteiger partial charge on any atom is -0.393 e. The predicted octanol–water partition coefficient (Wildman–Crippen LogP) is 1.20. The summed E-state index contributed by atoms with van der Waals surface area (Å²) in [6.45, 7) is -0.177. The van der Waals surface area contributed by atoms with E-state index in [2.05, 4.69) is 0 Å². The van der Waals surface area contributed by atoms with Gasteiger partial charge in [-0.15, -0.1) is 0 Å². The Morgan fingerprint density at radius 3 is 2.85 bits per heavy atom. The van der Waals surface area contributed by atoms with Crippen molar-refractivity contribution in [2.45, 2.75) is 24.9 Å². The van der Waals surface area contributed by atoms with E-state index in [0.717, 1.165) is 18.4 Å². The van der Waals surface area contributed by atoms with Crippen molar-refractivity contribution >= 4 is 0 Å². The number of hydrogen-bond donors (Lipinski definition) is 2. The van der Waals surface area contributed by atoms with Gasteiger partial charge in [-0.25, -0.2) is 0 Å². The highest BCUT2D eigenvalue weighted by atomic mass is 16.3. The topological polar surface area (TPSA) is 40.5 Å². The Hall–Kier alpha value is -0.860. The molecule has 1 atom stereocenters. The van der Waals surface area contributed by atoms with E-state index in [1.54, 1.807) is 0 Å². The van der Waals surface area contributed by atoms with Crippen LogP contribution in [0.1, 0.15) is 24.0 Å². The van der Waals surface area contributed by atoms with Crippen LogP contribution in [0.25, 0.3) is 0 Å². The molecule has 0 aromatic heterocycles. The van der Waals surface area contributed by atoms with Gasteiger partial charge in [-0.3, -0.25) is 0 Å². The number of benzene rings is 1. The van der Waals surface area contributed by atoms with Gasteiger partial charge in [-0.2, -0.15) is 0 Å². The third kappa shape index (κ3) is 1.36. The highest BCUT2D eigenvalue weighted by Gasteiger charge is 2.32. The average molecular weight is 178 g/mol. The number of aliphatic hydroxyl groups is 2. The summed E-state index contributed by atoms with van der Waals surface area (Å²) in [6.07, 6.45) is 2.63. The summed E-state index contributed by atoms with van der Waals surface area (Å²) in [5.41, 5.74) is 1.09. The summed E-state index contributed by atoms with van der Waals surface area (Å²) in [5, 5.41) is 19.2. The molecule has 2 nitrogen and oxygen atoms in total. The van der Waals surface area contributed by atoms with Crippen LogP contribution in [0.2, 0.25) is 0 Å². The maximum atomic E-state index is 10.1. The second-order valence-corrected chi connectivity index (χ2v) is 3.70. The van der Waals surface area contributed by atoms with Crippen LogP contribution in [0.4, 0.5) is 0 Å². The number of fused-ring (bicyclic) bond motifs is 1. The quantitative estimate of drug-likeness (QED) is 0.678. The van der Waals surface area contributed by atoms with Crippen molar-refractivity contribution in [3.8, 4) is 0 Å². The number of hydrogen-bond acceptors (Lipinski definition) is 2. The second-order valence-electron chi connectivity index (χ2n) is 3.70. The van der Waals surface area contributed by atoms with Crippen LogP contribution in [0, 0.1) is 0 Å². The van der Waals surface area contributed by atoms with Gasteiger partial charge in [0.1, 0.15) is 5.60 Å². The molecule has 1 aromatic rings. The first-order valence-corrected chi connectivity index (χ1v) is 4.68. The van der Waals surface area contributed by atoms with Crippen LogP contribution in [0.5, 0.6) is 0 Å². The summed E-state index contributed by atoms with van der Waals surface area (Å²) in [4.78, 5) is 0. The van der Waals surface area contributed by atoms with Gasteiger partial charge in [0.05, 0.1) is 6.61 Å². The summed E-state index contributed by atoms with van der Waals surface area (Å²) in [6, 6.07) is 7.81. The van der Waals surface area contributed by atoms with E-state index in [-0.39, 0.29) is 6.61 Å². The predicted molar refractivity (Wildman–Crippen MR) is 50.4 cm³/mol.